The Morgan fingerprint density at radius 1 is 0.356 bits per heavy atom. The highest BCUT2D eigenvalue weighted by Crippen LogP contribution is 2.44. The molecule has 0 bridgehead atoms. The third-order valence-electron chi connectivity index (χ3n) is 11.8. The molecule has 0 atom stereocenters. The van der Waals surface area contributed by atoms with Gasteiger partial charge in [0.25, 0.3) is 0 Å². The summed E-state index contributed by atoms with van der Waals surface area (Å²) in [6.07, 6.45) is 0. The van der Waals surface area contributed by atoms with Gasteiger partial charge >= 0.3 is 0 Å². The zero-order chi connectivity index (χ0) is 38.6. The fourth-order valence-corrected chi connectivity index (χ4v) is 9.13. The number of aromatic nitrogens is 4. The Kier molecular flexibility index (Phi) is 6.63. The summed E-state index contributed by atoms with van der Waals surface area (Å²) in [4.78, 5) is 15.3. The summed E-state index contributed by atoms with van der Waals surface area (Å²) in [5.41, 5.74) is 9.03. The van der Waals surface area contributed by atoms with E-state index in [-0.39, 0.29) is 0 Å². The topological polar surface area (TPSA) is 69.9 Å². The summed E-state index contributed by atoms with van der Waals surface area (Å²) in [6, 6.07) is 63.3. The second-order valence-electron chi connectivity index (χ2n) is 15.1. The Hall–Kier alpha value is -8.09. The van der Waals surface area contributed by atoms with Crippen LogP contribution in [0.4, 0.5) is 0 Å². The molecule has 0 unspecified atom stereocenters. The van der Waals surface area contributed by atoms with Crippen LogP contribution >= 0.6 is 0 Å². The van der Waals surface area contributed by atoms with Crippen molar-refractivity contribution >= 4 is 87.2 Å². The second kappa shape index (κ2) is 12.2. The highest BCUT2D eigenvalue weighted by atomic mass is 16.3. The molecule has 0 aliphatic rings. The number of para-hydroxylation sites is 3. The molecule has 274 valence electrons. The highest BCUT2D eigenvalue weighted by Gasteiger charge is 2.22. The number of furan rings is 2. The van der Waals surface area contributed by atoms with Crippen molar-refractivity contribution < 1.29 is 8.83 Å². The van der Waals surface area contributed by atoms with Crippen molar-refractivity contribution in [2.24, 2.45) is 0 Å². The van der Waals surface area contributed by atoms with Crippen LogP contribution in [-0.4, -0.2) is 19.5 Å². The van der Waals surface area contributed by atoms with E-state index in [4.69, 9.17) is 23.8 Å². The SMILES string of the molecule is c1ccc(-c2nc(-c3ccc4c(c3)oc3ccccc34)nc(-c3cccc4c3oc3cc(-n5c6ccccc6c6cc7ccccc7cc65)c5ccccc5c34)n2)cc1. The third kappa shape index (κ3) is 4.77. The fraction of sp³-hybridized carbons (Fsp3) is 0. The Morgan fingerprint density at radius 3 is 1.88 bits per heavy atom. The van der Waals surface area contributed by atoms with Crippen molar-refractivity contribution in [2.45, 2.75) is 0 Å². The Morgan fingerprint density at radius 2 is 1.02 bits per heavy atom. The molecule has 0 N–H and O–H groups in total. The summed E-state index contributed by atoms with van der Waals surface area (Å²) in [7, 11) is 0. The fourth-order valence-electron chi connectivity index (χ4n) is 9.13. The van der Waals surface area contributed by atoms with Crippen LogP contribution in [0.1, 0.15) is 0 Å². The maximum atomic E-state index is 7.03. The smallest absolute Gasteiger partial charge is 0.167 e. The molecular weight excluding hydrogens is 725 g/mol. The van der Waals surface area contributed by atoms with Crippen molar-refractivity contribution in [3.8, 4) is 39.9 Å². The number of fused-ring (bicyclic) bond motifs is 12. The Balaban J connectivity index is 1.06. The number of hydrogen-bond donors (Lipinski definition) is 0. The van der Waals surface area contributed by atoms with Gasteiger partial charge in [-0.2, -0.15) is 0 Å². The van der Waals surface area contributed by atoms with Crippen molar-refractivity contribution in [3.63, 3.8) is 0 Å². The Bertz CT molecular complexity index is 3860. The quantitative estimate of drug-likeness (QED) is 0.179. The molecule has 4 aromatic heterocycles. The molecule has 0 saturated carbocycles. The average Bonchev–Trinajstić information content (AvgIpc) is 3.97. The average molecular weight is 755 g/mol. The molecule has 13 rings (SSSR count). The van der Waals surface area contributed by atoms with Crippen LogP contribution in [0.25, 0.3) is 127 Å². The van der Waals surface area contributed by atoms with Gasteiger partial charge < -0.3 is 13.4 Å². The standard InChI is InChI=1S/C53H30N4O2/c1-2-13-31(14-3-1)51-54-52(34-25-26-38-37-19-9-11-24-46(37)58-47(38)29-34)56-53(55-51)41-22-12-21-40-49-39-20-7-6-17-35(39)45(30-48(49)59-50(40)41)57-43-23-10-8-18-36(43)42-27-32-15-4-5-16-33(32)28-44(42)57/h1-30H. The van der Waals surface area contributed by atoms with Crippen molar-refractivity contribution in [2.75, 3.05) is 0 Å². The van der Waals surface area contributed by atoms with Crippen LogP contribution < -0.4 is 0 Å². The molecule has 0 fully saturated rings. The molecule has 59 heavy (non-hydrogen) atoms. The lowest BCUT2D eigenvalue weighted by Gasteiger charge is -2.13. The Labute approximate surface area is 336 Å². The molecule has 13 aromatic rings. The summed E-state index contributed by atoms with van der Waals surface area (Å²) in [5, 5.41) is 11.3. The van der Waals surface area contributed by atoms with Crippen LogP contribution in [-0.2, 0) is 0 Å². The maximum absolute atomic E-state index is 7.03. The van der Waals surface area contributed by atoms with Gasteiger partial charge in [-0.15, -0.1) is 0 Å². The van der Waals surface area contributed by atoms with Crippen LogP contribution in [0.5, 0.6) is 0 Å². The van der Waals surface area contributed by atoms with E-state index in [0.29, 0.717) is 17.5 Å². The van der Waals surface area contributed by atoms with Crippen molar-refractivity contribution in [3.05, 3.63) is 182 Å². The molecule has 0 radical (unpaired) electrons. The minimum atomic E-state index is 0.530. The molecule has 6 nitrogen and oxygen atoms in total. The summed E-state index contributed by atoms with van der Waals surface area (Å²) in [5.74, 6) is 1.66. The van der Waals surface area contributed by atoms with Gasteiger partial charge in [0.05, 0.1) is 22.3 Å². The van der Waals surface area contributed by atoms with Crippen molar-refractivity contribution in [1.82, 2.24) is 19.5 Å². The number of benzene rings is 9. The van der Waals surface area contributed by atoms with Crippen LogP contribution in [0.3, 0.4) is 0 Å². The first-order valence-electron chi connectivity index (χ1n) is 19.8. The minimum absolute atomic E-state index is 0.530. The van der Waals surface area contributed by atoms with Gasteiger partial charge in [0.15, 0.2) is 17.5 Å². The van der Waals surface area contributed by atoms with Gasteiger partial charge in [0.1, 0.15) is 22.3 Å². The molecule has 4 heterocycles. The summed E-state index contributed by atoms with van der Waals surface area (Å²) >= 11 is 0. The van der Waals surface area contributed by atoms with Crippen molar-refractivity contribution in [1.29, 1.82) is 0 Å². The van der Waals surface area contributed by atoms with E-state index < -0.39 is 0 Å². The highest BCUT2D eigenvalue weighted by molar-refractivity contribution is 6.23. The van der Waals surface area contributed by atoms with Crippen LogP contribution in [0, 0.1) is 0 Å². The molecule has 0 saturated heterocycles. The number of rotatable bonds is 4. The predicted molar refractivity (Wildman–Crippen MR) is 240 cm³/mol. The van der Waals surface area contributed by atoms with E-state index in [1.807, 2.05) is 60.7 Å². The molecular formula is C53H30N4O2. The summed E-state index contributed by atoms with van der Waals surface area (Å²) < 4.78 is 15.7. The monoisotopic (exact) mass is 754 g/mol. The lowest BCUT2D eigenvalue weighted by atomic mass is 10.0. The van der Waals surface area contributed by atoms with Crippen LogP contribution in [0.2, 0.25) is 0 Å². The van der Waals surface area contributed by atoms with Gasteiger partial charge in [-0.3, -0.25) is 0 Å². The van der Waals surface area contributed by atoms with E-state index in [0.717, 1.165) is 88.1 Å². The maximum Gasteiger partial charge on any atom is 0.167 e. The van der Waals surface area contributed by atoms with E-state index >= 15 is 0 Å². The third-order valence-corrected chi connectivity index (χ3v) is 11.8. The minimum Gasteiger partial charge on any atom is -0.456 e. The molecule has 0 amide bonds. The molecule has 9 aromatic carbocycles. The van der Waals surface area contributed by atoms with E-state index in [2.05, 4.69) is 126 Å². The van der Waals surface area contributed by atoms with E-state index in [9.17, 15) is 0 Å². The van der Waals surface area contributed by atoms with Gasteiger partial charge in [-0.1, -0.05) is 133 Å². The predicted octanol–water partition coefficient (Wildman–Crippen LogP) is 14.1. The largest absolute Gasteiger partial charge is 0.456 e. The molecule has 0 aliphatic heterocycles. The second-order valence-corrected chi connectivity index (χ2v) is 15.1. The molecule has 0 spiro atoms. The molecule has 6 heteroatoms. The normalized spacial score (nSPS) is 12.1. The van der Waals surface area contributed by atoms with E-state index in [1.165, 1.54) is 21.5 Å². The number of hydrogen-bond acceptors (Lipinski definition) is 5. The first kappa shape index (κ1) is 32.0. The lowest BCUT2D eigenvalue weighted by Crippen LogP contribution is -2.00. The van der Waals surface area contributed by atoms with Gasteiger partial charge in [-0.05, 0) is 58.6 Å². The zero-order valence-corrected chi connectivity index (χ0v) is 31.4. The van der Waals surface area contributed by atoms with Gasteiger partial charge in [0, 0.05) is 54.9 Å². The number of nitrogens with zero attached hydrogens (tertiary/aromatic N) is 4. The first-order valence-corrected chi connectivity index (χ1v) is 19.8. The van der Waals surface area contributed by atoms with Crippen LogP contribution in [0.15, 0.2) is 191 Å². The molecule has 0 aliphatic carbocycles. The lowest BCUT2D eigenvalue weighted by molar-refractivity contribution is 0.668. The first-order chi connectivity index (χ1) is 29.2. The van der Waals surface area contributed by atoms with Gasteiger partial charge in [-0.25, -0.2) is 15.0 Å². The zero-order valence-electron chi connectivity index (χ0n) is 31.4. The van der Waals surface area contributed by atoms with E-state index in [1.54, 1.807) is 0 Å². The van der Waals surface area contributed by atoms with Gasteiger partial charge in [0.2, 0.25) is 0 Å². The summed E-state index contributed by atoms with van der Waals surface area (Å²) in [6.45, 7) is 0.